The van der Waals surface area contributed by atoms with Crippen molar-refractivity contribution in [2.24, 2.45) is 11.5 Å². The van der Waals surface area contributed by atoms with Gasteiger partial charge in [-0.05, 0) is 190 Å². The van der Waals surface area contributed by atoms with Gasteiger partial charge < -0.3 is 147 Å². The Balaban J connectivity index is 0. The highest BCUT2D eigenvalue weighted by Gasteiger charge is 2.36. The van der Waals surface area contributed by atoms with Gasteiger partial charge in [0.1, 0.15) is 45.0 Å². The highest BCUT2D eigenvalue weighted by atomic mass is 16.7. The Labute approximate surface area is 879 Å². The van der Waals surface area contributed by atoms with E-state index in [-0.39, 0.29) is 205 Å². The summed E-state index contributed by atoms with van der Waals surface area (Å²) in [5.41, 5.74) is 6.11. The summed E-state index contributed by atoms with van der Waals surface area (Å²) < 4.78 is 45.2. The van der Waals surface area contributed by atoms with Gasteiger partial charge in [0.15, 0.2) is 0 Å². The van der Waals surface area contributed by atoms with Crippen molar-refractivity contribution in [2.45, 2.75) is 307 Å². The lowest BCUT2D eigenvalue weighted by molar-refractivity contribution is -0.197. The van der Waals surface area contributed by atoms with Crippen LogP contribution in [0, 0.1) is 0 Å². The van der Waals surface area contributed by atoms with Crippen LogP contribution in [0.5, 0.6) is 5.75 Å². The minimum Gasteiger partial charge on any atom is -0.481 e. The number of para-hydroxylation sites is 1. The molecule has 0 spiro atoms. The van der Waals surface area contributed by atoms with E-state index in [0.29, 0.717) is 74.4 Å². The van der Waals surface area contributed by atoms with Gasteiger partial charge >= 0.3 is 78.5 Å². The second kappa shape index (κ2) is 74.9. The molecule has 3 aliphatic heterocycles. The summed E-state index contributed by atoms with van der Waals surface area (Å²) in [6.07, 6.45) is -4.15. The predicted octanol–water partition coefficient (Wildman–Crippen LogP) is 5.99. The minimum absolute atomic E-state index is 0.00292. The van der Waals surface area contributed by atoms with Crippen molar-refractivity contribution >= 4 is 126 Å². The topological polar surface area (TPSA) is 692 Å². The van der Waals surface area contributed by atoms with E-state index in [4.69, 9.17) is 69.3 Å². The number of imide groups is 2. The number of nitrogens with two attached hydrogens (primary N) is 2. The van der Waals surface area contributed by atoms with Gasteiger partial charge in [0.25, 0.3) is 23.6 Å². The summed E-state index contributed by atoms with van der Waals surface area (Å²) in [5.74, 6) is -8.23. The molecule has 52 nitrogen and oxygen atoms in total. The quantitative estimate of drug-likeness (QED) is 0.00889. The van der Waals surface area contributed by atoms with E-state index in [0.717, 1.165) is 39.3 Å². The van der Waals surface area contributed by atoms with E-state index in [1.54, 1.807) is 128 Å². The summed E-state index contributed by atoms with van der Waals surface area (Å²) in [4.78, 5) is 264. The number of hydroxylamine groups is 4. The minimum atomic E-state index is -1.03. The number of hydrogen-bond acceptors (Lipinski definition) is 38. The lowest BCUT2D eigenvalue weighted by atomic mass is 10.2. The van der Waals surface area contributed by atoms with Crippen molar-refractivity contribution in [1.29, 1.82) is 0 Å². The number of ether oxygens (including phenoxy) is 9. The van der Waals surface area contributed by atoms with Gasteiger partial charge in [0, 0.05) is 247 Å². The third-order valence-electron chi connectivity index (χ3n) is 18.3. The molecule has 0 unspecified atom stereocenters. The normalized spacial score (nSPS) is 12.9. The van der Waals surface area contributed by atoms with E-state index in [9.17, 15) is 101 Å². The van der Waals surface area contributed by atoms with Crippen LogP contribution in [0.25, 0.3) is 0 Å². The number of amides is 14. The number of carbonyl (C=O) groups is 21. The highest BCUT2D eigenvalue weighted by Crippen LogP contribution is 2.20. The van der Waals surface area contributed by atoms with Gasteiger partial charge in [-0.3, -0.25) is 57.5 Å². The molecule has 150 heavy (non-hydrogen) atoms. The number of rotatable bonds is 53. The smallest absolute Gasteiger partial charge is 0.481 e. The van der Waals surface area contributed by atoms with Gasteiger partial charge in [-0.15, -0.1) is 10.1 Å². The maximum atomic E-state index is 13.4. The van der Waals surface area contributed by atoms with E-state index in [2.05, 4.69) is 57.9 Å². The molecule has 52 heteroatoms. The Morgan fingerprint density at radius 1 is 0.307 bits per heavy atom. The number of cyclic esters (lactones) is 2. The number of carbonyl (C=O) groups excluding carboxylic acids is 19. The number of nitrogens with zero attached hydrogens (tertiary/aromatic N) is 6. The first-order valence-electron chi connectivity index (χ1n) is 50.1. The molecule has 0 radical (unpaired) electrons. The molecule has 1 aromatic carbocycles. The van der Waals surface area contributed by atoms with Crippen LogP contribution >= 0.6 is 0 Å². The van der Waals surface area contributed by atoms with Crippen molar-refractivity contribution in [3.8, 4) is 5.75 Å². The fourth-order valence-corrected chi connectivity index (χ4v) is 11.8. The number of carboxylic acid groups (broad SMARTS) is 2. The van der Waals surface area contributed by atoms with E-state index < -0.39 is 141 Å². The molecular formula is C98H170N18O34. The van der Waals surface area contributed by atoms with Gasteiger partial charge in [0.2, 0.25) is 23.6 Å². The SMILES string of the molecule is CC(C)(C)OC(=O)NCCN(CCN(CCNC(=O)OC(C)(C)C)C(=O)CCCC(=O)O)C(=O)CCCC(=O)O.CC(C)(C)OC(=O)NCCN(CCN(CCNC(=O)OC(C)(C)C)C(=O)CCCC(=O)ON1C(=O)CCC1=O)C(=O)CCCC(=O)ON1C(=O)CCC1=O.CC(C)(C)OC(=O)NCCNCCNCCNC(=O)OC(C)(C)C.CC(C)(C)OC(=O)Oc1ccccc1.NCCNCCNCCN.O=C1CCCC(=O)O1. The first kappa shape index (κ1) is 139. The molecule has 0 atom stereocenters. The monoisotopic (exact) mass is 2140 g/mol. The molecule has 3 fully saturated rings. The maximum Gasteiger partial charge on any atom is 0.514 e. The van der Waals surface area contributed by atoms with Gasteiger partial charge in [-0.25, -0.2) is 43.2 Å². The summed E-state index contributed by atoms with van der Waals surface area (Å²) in [7, 11) is 0. The lowest BCUT2D eigenvalue weighted by Gasteiger charge is -2.29. The van der Waals surface area contributed by atoms with E-state index in [1.165, 1.54) is 19.6 Å². The number of benzene rings is 1. The van der Waals surface area contributed by atoms with Gasteiger partial charge in [-0.2, -0.15) is 0 Å². The Hall–Kier alpha value is -12.9. The number of alkyl carbamates (subject to hydrolysis) is 6. The van der Waals surface area contributed by atoms with Gasteiger partial charge in [-0.1, -0.05) is 18.2 Å². The number of nitrogens with one attached hydrogen (secondary N) is 10. The largest absolute Gasteiger partial charge is 0.514 e. The van der Waals surface area contributed by atoms with Crippen LogP contribution in [-0.2, 0) is 115 Å². The Morgan fingerprint density at radius 3 is 0.767 bits per heavy atom. The molecule has 1 aromatic rings. The van der Waals surface area contributed by atoms with Crippen LogP contribution in [-0.4, -0.2) is 362 Å². The van der Waals surface area contributed by atoms with Crippen molar-refractivity contribution in [2.75, 3.05) is 157 Å². The molecule has 3 saturated heterocycles. The molecule has 14 amide bonds. The standard InChI is InChI=1S/C34H52N6O14.C26H46N4O10.C16H34N4O4.C11H14O3.C6H18N4.C5H6O3/c1-33(2,3)51-31(49)35-17-19-37(23(41)9-7-11-29(47)53-39-25(43)13-14-26(39)44)21-22-38(20-18-36-32(50)52-34(4,5)6)24(42)10-8-12-30(48)54-40-27(45)15-16-28(40)46;1-25(2,3)39-23(37)27-13-15-29(19(31)9-7-11-21(33)34)17-18-30(20(32)10-8-12-22(35)36)16-14-28-24(38)40-26(4,5)6;1-15(2,3)23-13(21)19-11-9-17-7-8-18-10-12-20-14(22)24-16(4,5)6;1-11(2,3)14-10(12)13-9-7-5-4-6-8-9;7-1-3-9-5-6-10-4-2-8;6-4-2-1-3-5(7)8-4/h7-22H2,1-6H3,(H,35,49)(H,36,50);7-18H2,1-6H3,(H,27,37)(H,28,38)(H,33,34)(H,35,36);17-18H,7-12H2,1-6H3,(H,19,21)(H,20,22);4-8H,1-3H3;9-10H,1-8H2;1-3H2. The lowest BCUT2D eigenvalue weighted by Crippen LogP contribution is -2.46. The molecule has 4 rings (SSSR count). The van der Waals surface area contributed by atoms with Crippen LogP contribution in [0.2, 0.25) is 0 Å². The molecule has 3 heterocycles. The number of carboxylic acids is 2. The first-order valence-corrected chi connectivity index (χ1v) is 50.1. The average Bonchev–Trinajstić information content (AvgIpc) is 1.73. The number of aliphatic carboxylic acids is 2. The highest BCUT2D eigenvalue weighted by molar-refractivity contribution is 6.02. The van der Waals surface area contributed by atoms with E-state index >= 15 is 0 Å². The maximum absolute atomic E-state index is 13.4. The zero-order valence-electron chi connectivity index (χ0n) is 91.6. The van der Waals surface area contributed by atoms with Crippen LogP contribution in [0.1, 0.15) is 267 Å². The zero-order valence-corrected chi connectivity index (χ0v) is 91.6. The van der Waals surface area contributed by atoms with Crippen molar-refractivity contribution in [3.63, 3.8) is 0 Å². The number of hydrogen-bond donors (Lipinski definition) is 14. The Morgan fingerprint density at radius 2 is 0.540 bits per heavy atom. The summed E-state index contributed by atoms with van der Waals surface area (Å²) >= 11 is 0. The fraction of sp³-hybridized carbons (Fsp3) is 0.724. The first-order chi connectivity index (χ1) is 69.7. The number of esters is 2. The summed E-state index contributed by atoms with van der Waals surface area (Å²) in [6.45, 7) is 46.0. The average molecular weight is 2140 g/mol. The van der Waals surface area contributed by atoms with Crippen molar-refractivity contribution < 1.29 is 163 Å². The fourth-order valence-electron chi connectivity index (χ4n) is 11.8. The summed E-state index contributed by atoms with van der Waals surface area (Å²) in [5, 5.41) is 46.9. The third-order valence-corrected chi connectivity index (χ3v) is 18.3. The molecule has 0 aromatic heterocycles. The third kappa shape index (κ3) is 82.0. The molecular weight excluding hydrogens is 1970 g/mol. The molecule has 3 aliphatic rings. The Bertz CT molecular complexity index is 4080. The van der Waals surface area contributed by atoms with Gasteiger partial charge in [0.05, 0.1) is 0 Å². The molecule has 0 bridgehead atoms. The van der Waals surface area contributed by atoms with Crippen molar-refractivity contribution in [3.05, 3.63) is 30.3 Å². The Kier molecular flexibility index (Phi) is 69.4. The van der Waals surface area contributed by atoms with E-state index in [1.807, 2.05) is 47.6 Å². The van der Waals surface area contributed by atoms with Crippen LogP contribution in [0.15, 0.2) is 30.3 Å². The van der Waals surface area contributed by atoms with Crippen LogP contribution < -0.4 is 69.4 Å². The van der Waals surface area contributed by atoms with Crippen LogP contribution in [0.4, 0.5) is 33.6 Å². The second-order valence-electron chi connectivity index (χ2n) is 40.5. The zero-order chi connectivity index (χ0) is 114. The molecule has 856 valence electrons. The predicted molar refractivity (Wildman–Crippen MR) is 545 cm³/mol. The summed E-state index contributed by atoms with van der Waals surface area (Å²) in [6, 6.07) is 8.83. The van der Waals surface area contributed by atoms with Crippen LogP contribution in [0.3, 0.4) is 0 Å². The second-order valence-corrected chi connectivity index (χ2v) is 40.5. The molecule has 0 aliphatic carbocycles. The molecule has 16 N–H and O–H groups in total. The molecule has 0 saturated carbocycles. The van der Waals surface area contributed by atoms with Crippen molar-refractivity contribution in [1.82, 2.24) is 82.9 Å².